The Bertz CT molecular complexity index is 858. The van der Waals surface area contributed by atoms with Crippen LogP contribution in [0.2, 0.25) is 0 Å². The molecule has 14 heteroatoms. The van der Waals surface area contributed by atoms with E-state index in [9.17, 15) is 40.5 Å². The molecule has 0 aliphatic rings. The van der Waals surface area contributed by atoms with E-state index in [1.165, 1.54) is 0 Å². The van der Waals surface area contributed by atoms with E-state index in [1.54, 1.807) is 0 Å². The first-order valence-electron chi connectivity index (χ1n) is 6.49. The Morgan fingerprint density at radius 3 is 1.69 bits per heavy atom. The van der Waals surface area contributed by atoms with Gasteiger partial charge in [-0.25, -0.2) is 0 Å². The zero-order valence-electron chi connectivity index (χ0n) is 12.4. The van der Waals surface area contributed by atoms with Gasteiger partial charge >= 0.3 is 0 Å². The predicted octanol–water partition coefficient (Wildman–Crippen LogP) is 3.44. The first-order valence-corrected chi connectivity index (χ1v) is 7.31. The van der Waals surface area contributed by atoms with Gasteiger partial charge in [-0.3, -0.25) is 40.5 Å². The largest absolute Gasteiger partial charge is 0.320 e. The highest BCUT2D eigenvalue weighted by Gasteiger charge is 2.23. The van der Waals surface area contributed by atoms with Crippen molar-refractivity contribution in [3.8, 4) is 0 Å². The number of hydrogen-bond donors (Lipinski definition) is 1. The van der Waals surface area contributed by atoms with Crippen molar-refractivity contribution in [3.63, 3.8) is 0 Å². The minimum Gasteiger partial charge on any atom is -0.320 e. The summed E-state index contributed by atoms with van der Waals surface area (Å²) in [6, 6.07) is 5.77. The molecule has 0 heterocycles. The third-order valence-electron chi connectivity index (χ3n) is 3.01. The Labute approximate surface area is 147 Å². The van der Waals surface area contributed by atoms with Gasteiger partial charge in [0.15, 0.2) is 0 Å². The topological polar surface area (TPSA) is 185 Å². The molecule has 26 heavy (non-hydrogen) atoms. The molecule has 0 bridgehead atoms. The first-order chi connectivity index (χ1) is 12.2. The smallest absolute Gasteiger partial charge is 0.300 e. The molecule has 0 unspecified atom stereocenters. The number of hydrogen-bond acceptors (Lipinski definition) is 10. The summed E-state index contributed by atoms with van der Waals surface area (Å²) in [5.41, 5.74) is -2.27. The second kappa shape index (κ2) is 7.39. The molecule has 0 radical (unpaired) electrons. The number of nitro benzene ring substituents is 4. The lowest BCUT2D eigenvalue weighted by molar-refractivity contribution is -0.396. The number of benzene rings is 2. The van der Waals surface area contributed by atoms with E-state index in [-0.39, 0.29) is 10.6 Å². The fourth-order valence-electron chi connectivity index (χ4n) is 1.83. The van der Waals surface area contributed by atoms with Crippen molar-refractivity contribution in [2.24, 2.45) is 0 Å². The lowest BCUT2D eigenvalue weighted by Crippen LogP contribution is -1.99. The van der Waals surface area contributed by atoms with Gasteiger partial charge in [0.05, 0.1) is 31.8 Å². The van der Waals surface area contributed by atoms with Gasteiger partial charge in [0.2, 0.25) is 0 Å². The van der Waals surface area contributed by atoms with Crippen LogP contribution in [0.4, 0.5) is 28.4 Å². The Morgan fingerprint density at radius 1 is 0.692 bits per heavy atom. The molecule has 2 rings (SSSR count). The van der Waals surface area contributed by atoms with E-state index in [4.69, 9.17) is 0 Å². The monoisotopic (exact) mass is 381 g/mol. The van der Waals surface area contributed by atoms with Crippen molar-refractivity contribution in [1.29, 1.82) is 0 Å². The Morgan fingerprint density at radius 2 is 1.19 bits per heavy atom. The fraction of sp³-hybridized carbons (Fsp3) is 0. The molecule has 0 atom stereocenters. The minimum atomic E-state index is -0.847. The Hall–Kier alpha value is -3.81. The molecule has 0 saturated carbocycles. The number of anilines is 1. The molecule has 0 aromatic heterocycles. The van der Waals surface area contributed by atoms with Crippen LogP contribution >= 0.6 is 11.9 Å². The summed E-state index contributed by atoms with van der Waals surface area (Å²) >= 11 is 0.606. The Balaban J connectivity index is 2.34. The molecule has 1 N–H and O–H groups in total. The van der Waals surface area contributed by atoms with E-state index in [1.807, 2.05) is 0 Å². The zero-order chi connectivity index (χ0) is 19.4. The summed E-state index contributed by atoms with van der Waals surface area (Å²) in [4.78, 5) is 40.2. The number of nitro groups is 4. The summed E-state index contributed by atoms with van der Waals surface area (Å²) in [6.07, 6.45) is 0. The van der Waals surface area contributed by atoms with Crippen LogP contribution in [0, 0.1) is 40.5 Å². The molecule has 2 aromatic carbocycles. The van der Waals surface area contributed by atoms with Gasteiger partial charge in [0, 0.05) is 12.1 Å². The van der Waals surface area contributed by atoms with Crippen LogP contribution in [0.15, 0.2) is 41.3 Å². The number of nitrogens with one attached hydrogen (secondary N) is 1. The minimum absolute atomic E-state index is 0.0340. The molecular weight excluding hydrogens is 374 g/mol. The maximum absolute atomic E-state index is 11.1. The lowest BCUT2D eigenvalue weighted by atomic mass is 10.2. The highest BCUT2D eigenvalue weighted by atomic mass is 32.2. The van der Waals surface area contributed by atoms with Crippen molar-refractivity contribution >= 4 is 40.4 Å². The van der Waals surface area contributed by atoms with Crippen LogP contribution in [0.5, 0.6) is 0 Å². The predicted molar refractivity (Wildman–Crippen MR) is 89.0 cm³/mol. The van der Waals surface area contributed by atoms with Gasteiger partial charge in [-0.2, -0.15) is 0 Å². The summed E-state index contributed by atoms with van der Waals surface area (Å²) in [6.45, 7) is 0. The van der Waals surface area contributed by atoms with Crippen LogP contribution in [0.3, 0.4) is 0 Å². The van der Waals surface area contributed by atoms with Crippen molar-refractivity contribution in [3.05, 3.63) is 76.9 Å². The third kappa shape index (κ3) is 3.99. The lowest BCUT2D eigenvalue weighted by Gasteiger charge is -2.06. The van der Waals surface area contributed by atoms with Crippen LogP contribution < -0.4 is 4.72 Å². The number of rotatable bonds is 7. The molecule has 0 aliphatic heterocycles. The van der Waals surface area contributed by atoms with Gasteiger partial charge in [-0.1, -0.05) is 0 Å². The van der Waals surface area contributed by atoms with Crippen LogP contribution in [-0.2, 0) is 0 Å². The summed E-state index contributed by atoms with van der Waals surface area (Å²) in [5.74, 6) is 0. The van der Waals surface area contributed by atoms with Gasteiger partial charge < -0.3 is 4.72 Å². The maximum atomic E-state index is 11.1. The van der Waals surface area contributed by atoms with Crippen LogP contribution in [0.1, 0.15) is 0 Å². The fourth-order valence-corrected chi connectivity index (χ4v) is 2.60. The molecule has 0 saturated heterocycles. The van der Waals surface area contributed by atoms with Gasteiger partial charge in [0.1, 0.15) is 10.6 Å². The normalized spacial score (nSPS) is 10.2. The van der Waals surface area contributed by atoms with E-state index >= 15 is 0 Å². The molecule has 2 aromatic rings. The van der Waals surface area contributed by atoms with Crippen LogP contribution in [0.25, 0.3) is 0 Å². The second-order valence-electron chi connectivity index (χ2n) is 4.59. The molecule has 0 aliphatic carbocycles. The SMILES string of the molecule is O=[N+]([O-])c1ccc(NSc2ccc([N+](=O)[O-])cc2[N+](=O)[O-])c([N+](=O)[O-])c1. The van der Waals surface area contributed by atoms with E-state index in [2.05, 4.69) is 4.72 Å². The standard InChI is InChI=1S/C12H7N5O8S/c18-14(19)7-1-3-9(10(5-7)16(22)23)13-26-12-4-2-8(15(20)21)6-11(12)17(24)25/h1-6,13H. The summed E-state index contributed by atoms with van der Waals surface area (Å²) in [5, 5.41) is 43.5. The second-order valence-corrected chi connectivity index (χ2v) is 5.43. The van der Waals surface area contributed by atoms with Crippen LogP contribution in [-0.4, -0.2) is 19.7 Å². The number of nitrogens with zero attached hydrogens (tertiary/aromatic N) is 4. The van der Waals surface area contributed by atoms with E-state index in [0.717, 1.165) is 36.4 Å². The average molecular weight is 381 g/mol. The van der Waals surface area contributed by atoms with Crippen molar-refractivity contribution in [2.45, 2.75) is 4.90 Å². The van der Waals surface area contributed by atoms with Gasteiger partial charge in [-0.05, 0) is 24.1 Å². The molecule has 0 fully saturated rings. The summed E-state index contributed by atoms with van der Waals surface area (Å²) in [7, 11) is 0. The zero-order valence-corrected chi connectivity index (χ0v) is 13.2. The van der Waals surface area contributed by atoms with Crippen molar-refractivity contribution in [2.75, 3.05) is 4.72 Å². The molecule has 0 amide bonds. The van der Waals surface area contributed by atoms with Gasteiger partial charge in [0.25, 0.3) is 22.7 Å². The molecular formula is C12H7N5O8S. The summed E-state index contributed by atoms with van der Waals surface area (Å²) < 4.78 is 2.50. The van der Waals surface area contributed by atoms with Gasteiger partial charge in [-0.15, -0.1) is 0 Å². The first kappa shape index (κ1) is 18.5. The van der Waals surface area contributed by atoms with E-state index in [0.29, 0.717) is 11.9 Å². The van der Waals surface area contributed by atoms with E-state index < -0.39 is 42.4 Å². The molecule has 0 spiro atoms. The van der Waals surface area contributed by atoms with Crippen molar-refractivity contribution < 1.29 is 19.7 Å². The molecule has 134 valence electrons. The molecule has 13 nitrogen and oxygen atoms in total. The average Bonchev–Trinajstić information content (AvgIpc) is 2.59. The highest BCUT2D eigenvalue weighted by Crippen LogP contribution is 2.36. The Kier molecular flexibility index (Phi) is 5.27. The van der Waals surface area contributed by atoms with Crippen molar-refractivity contribution in [1.82, 2.24) is 0 Å². The third-order valence-corrected chi connectivity index (χ3v) is 3.90. The number of non-ortho nitro benzene ring substituents is 2. The highest BCUT2D eigenvalue weighted by molar-refractivity contribution is 8.00. The maximum Gasteiger partial charge on any atom is 0.300 e. The quantitative estimate of drug-likeness (QED) is 0.423.